The molecule has 5 nitrogen and oxygen atoms in total. The summed E-state index contributed by atoms with van der Waals surface area (Å²) in [6.45, 7) is 8.69. The minimum atomic E-state index is -4.76. The van der Waals surface area contributed by atoms with E-state index in [2.05, 4.69) is 26.6 Å². The lowest BCUT2D eigenvalue weighted by Gasteiger charge is -2.19. The first-order chi connectivity index (χ1) is 15.6. The molecule has 0 radical (unpaired) electrons. The molecule has 0 bridgehead atoms. The maximum absolute atomic E-state index is 13.4. The van der Waals surface area contributed by atoms with E-state index in [-0.39, 0.29) is 12.2 Å². The van der Waals surface area contributed by atoms with Crippen molar-refractivity contribution in [3.05, 3.63) is 77.3 Å². The molecule has 33 heavy (non-hydrogen) atoms. The largest absolute Gasteiger partial charge is 0.465 e. The predicted molar refractivity (Wildman–Crippen MR) is 124 cm³/mol. The van der Waals surface area contributed by atoms with Crippen LogP contribution in [-0.2, 0) is 16.0 Å². The molecule has 0 saturated heterocycles. The van der Waals surface area contributed by atoms with Crippen LogP contribution in [0.3, 0.4) is 0 Å². The zero-order valence-electron chi connectivity index (χ0n) is 18.5. The summed E-state index contributed by atoms with van der Waals surface area (Å²) < 4.78 is 44.9. The second kappa shape index (κ2) is 11.7. The van der Waals surface area contributed by atoms with Crippen molar-refractivity contribution in [1.29, 1.82) is 0 Å². The number of esters is 1. The highest BCUT2D eigenvalue weighted by molar-refractivity contribution is 6.29. The predicted octanol–water partition coefficient (Wildman–Crippen LogP) is 6.70. The van der Waals surface area contributed by atoms with E-state index in [0.717, 1.165) is 5.69 Å². The molecule has 1 heterocycles. The number of rotatable bonds is 9. The van der Waals surface area contributed by atoms with Crippen LogP contribution in [0, 0.1) is 0 Å². The van der Waals surface area contributed by atoms with Crippen LogP contribution in [0.25, 0.3) is 5.57 Å². The molecule has 1 unspecified atom stereocenters. The maximum atomic E-state index is 13.4. The molecule has 2 aromatic rings. The number of carbonyl (C=O) groups is 1. The summed E-state index contributed by atoms with van der Waals surface area (Å²) in [5.74, 6) is -2.80. The highest BCUT2D eigenvalue weighted by Gasteiger charge is 2.47. The van der Waals surface area contributed by atoms with Crippen molar-refractivity contribution in [3.63, 3.8) is 0 Å². The zero-order valence-corrected chi connectivity index (χ0v) is 19.3. The number of ether oxygens (including phenoxy) is 1. The number of nitrogens with zero attached hydrogens (tertiary/aromatic N) is 2. The lowest BCUT2D eigenvalue weighted by atomic mass is 9.98. The van der Waals surface area contributed by atoms with Gasteiger partial charge in [-0.15, -0.1) is 0 Å². The summed E-state index contributed by atoms with van der Waals surface area (Å²) in [5, 5.41) is 3.61. The Hall–Kier alpha value is -3.13. The molecule has 176 valence electrons. The second-order valence-corrected chi connectivity index (χ2v) is 7.58. The molecule has 2 rings (SSSR count). The first-order valence-corrected chi connectivity index (χ1v) is 10.6. The SMILES string of the molecule is C=C/C=C(\C=C(/C)Cl)c1nc(CC)cc(Nc2ccc(C(C(=O)OCC)C(F)(F)F)cc2)n1. The van der Waals surface area contributed by atoms with Gasteiger partial charge in [0.1, 0.15) is 5.82 Å². The Morgan fingerprint density at radius 3 is 2.42 bits per heavy atom. The van der Waals surface area contributed by atoms with Gasteiger partial charge >= 0.3 is 12.1 Å². The molecular weight excluding hydrogens is 455 g/mol. The Morgan fingerprint density at radius 2 is 1.91 bits per heavy atom. The van der Waals surface area contributed by atoms with E-state index in [1.165, 1.54) is 31.2 Å². The monoisotopic (exact) mass is 479 g/mol. The molecule has 0 spiro atoms. The number of aromatic nitrogens is 2. The fourth-order valence-corrected chi connectivity index (χ4v) is 3.11. The summed E-state index contributed by atoms with van der Waals surface area (Å²) >= 11 is 6.02. The Morgan fingerprint density at radius 1 is 1.24 bits per heavy atom. The minimum Gasteiger partial charge on any atom is -0.465 e. The first-order valence-electron chi connectivity index (χ1n) is 10.2. The van der Waals surface area contributed by atoms with Crippen LogP contribution in [0.2, 0.25) is 0 Å². The van der Waals surface area contributed by atoms with Gasteiger partial charge in [-0.25, -0.2) is 9.97 Å². The topological polar surface area (TPSA) is 64.1 Å². The van der Waals surface area contributed by atoms with E-state index in [0.29, 0.717) is 34.4 Å². The van der Waals surface area contributed by atoms with Gasteiger partial charge in [0.05, 0.1) is 6.61 Å². The van der Waals surface area contributed by atoms with Gasteiger partial charge in [-0.1, -0.05) is 49.4 Å². The van der Waals surface area contributed by atoms with Gasteiger partial charge in [-0.3, -0.25) is 4.79 Å². The Kier molecular flexibility index (Phi) is 9.22. The summed E-state index contributed by atoms with van der Waals surface area (Å²) in [6.07, 6.45) is 0.914. The van der Waals surface area contributed by atoms with Crippen LogP contribution in [-0.4, -0.2) is 28.7 Å². The van der Waals surface area contributed by atoms with Crippen molar-refractivity contribution < 1.29 is 22.7 Å². The van der Waals surface area contributed by atoms with Gasteiger partial charge in [0, 0.05) is 28.1 Å². The molecule has 1 N–H and O–H groups in total. The number of nitrogens with one attached hydrogen (secondary N) is 1. The van der Waals surface area contributed by atoms with Gasteiger partial charge in [0.25, 0.3) is 0 Å². The molecule has 0 fully saturated rings. The zero-order chi connectivity index (χ0) is 24.6. The van der Waals surface area contributed by atoms with Crippen LogP contribution in [0.15, 0.2) is 60.2 Å². The number of aryl methyl sites for hydroxylation is 1. The number of carbonyl (C=O) groups excluding carboxylic acids is 1. The van der Waals surface area contributed by atoms with E-state index < -0.39 is 18.1 Å². The molecule has 9 heteroatoms. The third-order valence-electron chi connectivity index (χ3n) is 4.42. The normalized spacial score (nSPS) is 13.4. The lowest BCUT2D eigenvalue weighted by Crippen LogP contribution is -2.30. The Bertz CT molecular complexity index is 1040. The van der Waals surface area contributed by atoms with Gasteiger partial charge in [-0.2, -0.15) is 13.2 Å². The second-order valence-electron chi connectivity index (χ2n) is 6.98. The lowest BCUT2D eigenvalue weighted by molar-refractivity contribution is -0.180. The van der Waals surface area contributed by atoms with E-state index >= 15 is 0 Å². The highest BCUT2D eigenvalue weighted by atomic mass is 35.5. The molecular formula is C24H25ClF3N3O2. The van der Waals surface area contributed by atoms with Crippen LogP contribution in [0.5, 0.6) is 0 Å². The first kappa shape index (κ1) is 26.1. The minimum absolute atomic E-state index is 0.137. The van der Waals surface area contributed by atoms with Crippen LogP contribution in [0.1, 0.15) is 43.8 Å². The average molecular weight is 480 g/mol. The number of anilines is 2. The highest BCUT2D eigenvalue weighted by Crippen LogP contribution is 2.36. The number of benzene rings is 1. The molecule has 1 aromatic carbocycles. The van der Waals surface area contributed by atoms with Gasteiger partial charge < -0.3 is 10.1 Å². The van der Waals surface area contributed by atoms with Crippen molar-refractivity contribution in [3.8, 4) is 0 Å². The Labute approximate surface area is 196 Å². The molecule has 0 amide bonds. The fourth-order valence-electron chi connectivity index (χ4n) is 2.99. The van der Waals surface area contributed by atoms with Gasteiger partial charge in [0.2, 0.25) is 0 Å². The number of allylic oxidation sites excluding steroid dienone is 5. The van der Waals surface area contributed by atoms with Crippen LogP contribution >= 0.6 is 11.6 Å². The van der Waals surface area contributed by atoms with E-state index in [1.807, 2.05) is 6.92 Å². The number of hydrogen-bond donors (Lipinski definition) is 1. The van der Waals surface area contributed by atoms with Crippen LogP contribution < -0.4 is 5.32 Å². The third kappa shape index (κ3) is 7.46. The molecule has 0 saturated carbocycles. The summed E-state index contributed by atoms with van der Waals surface area (Å²) in [4.78, 5) is 20.9. The standard InChI is InChI=1S/C24H25ClF3N3O2/c1-5-8-17(13-15(4)25)22-30-18(6-2)14-20(31-22)29-19-11-9-16(10-12-19)21(24(26,27)28)23(32)33-7-3/h5,8-14,21H,1,6-7H2,2-4H3,(H,29,30,31)/b15-13+,17-8+. The van der Waals surface area contributed by atoms with Crippen molar-refractivity contribution in [2.45, 2.75) is 39.3 Å². The molecule has 0 aliphatic rings. The van der Waals surface area contributed by atoms with Gasteiger partial charge in [0.15, 0.2) is 11.7 Å². The molecule has 0 aliphatic carbocycles. The quantitative estimate of drug-likeness (QED) is 0.320. The van der Waals surface area contributed by atoms with E-state index in [4.69, 9.17) is 11.6 Å². The molecule has 0 aliphatic heterocycles. The Balaban J connectivity index is 2.37. The van der Waals surface area contributed by atoms with E-state index in [9.17, 15) is 18.0 Å². The summed E-state index contributed by atoms with van der Waals surface area (Å²) in [5.41, 5.74) is 1.71. The van der Waals surface area contributed by atoms with Crippen molar-refractivity contribution in [1.82, 2.24) is 9.97 Å². The average Bonchev–Trinajstić information content (AvgIpc) is 2.73. The van der Waals surface area contributed by atoms with Crippen LogP contribution in [0.4, 0.5) is 24.7 Å². The molecule has 1 aromatic heterocycles. The molecule has 1 atom stereocenters. The van der Waals surface area contributed by atoms with Crippen molar-refractivity contribution >= 4 is 34.6 Å². The summed E-state index contributed by atoms with van der Waals surface area (Å²) in [6, 6.07) is 7.12. The number of halogens is 4. The summed E-state index contributed by atoms with van der Waals surface area (Å²) in [7, 11) is 0. The number of alkyl halides is 3. The van der Waals surface area contributed by atoms with Crippen molar-refractivity contribution in [2.24, 2.45) is 0 Å². The third-order valence-corrected chi connectivity index (χ3v) is 4.53. The maximum Gasteiger partial charge on any atom is 0.406 e. The van der Waals surface area contributed by atoms with Gasteiger partial charge in [-0.05, 0) is 44.0 Å². The number of hydrogen-bond acceptors (Lipinski definition) is 5. The van der Waals surface area contributed by atoms with Crippen molar-refractivity contribution in [2.75, 3.05) is 11.9 Å². The smallest absolute Gasteiger partial charge is 0.406 e. The fraction of sp³-hybridized carbons (Fsp3) is 0.292. The van der Waals surface area contributed by atoms with E-state index in [1.54, 1.807) is 31.2 Å².